The summed E-state index contributed by atoms with van der Waals surface area (Å²) < 4.78 is 39.0. The predicted molar refractivity (Wildman–Crippen MR) is 86.3 cm³/mol. The second-order valence-corrected chi connectivity index (χ2v) is 7.19. The lowest BCUT2D eigenvalue weighted by atomic mass is 9.90. The molecule has 2 N–H and O–H groups in total. The summed E-state index contributed by atoms with van der Waals surface area (Å²) in [5.74, 6) is -0.459. The molecule has 134 valence electrons. The molecule has 0 aromatic carbocycles. The Balaban J connectivity index is 3.07. The Morgan fingerprint density at radius 2 is 1.96 bits per heavy atom. The monoisotopic (exact) mass is 349 g/mol. The van der Waals surface area contributed by atoms with Crippen LogP contribution in [0.25, 0.3) is 0 Å². The Morgan fingerprint density at radius 3 is 2.43 bits per heavy atom. The van der Waals surface area contributed by atoms with Crippen LogP contribution in [-0.4, -0.2) is 51.6 Å². The molecule has 0 fully saturated rings. The van der Waals surface area contributed by atoms with Crippen molar-refractivity contribution in [2.75, 3.05) is 12.9 Å². The molecule has 0 aromatic rings. The third-order valence-electron chi connectivity index (χ3n) is 3.65. The van der Waals surface area contributed by atoms with Gasteiger partial charge in [0.15, 0.2) is 0 Å². The highest BCUT2D eigenvalue weighted by molar-refractivity contribution is 7.86. The van der Waals surface area contributed by atoms with E-state index in [-0.39, 0.29) is 19.1 Å². The summed E-state index contributed by atoms with van der Waals surface area (Å²) >= 11 is 0. The molecule has 3 unspecified atom stereocenters. The number of esters is 1. The van der Waals surface area contributed by atoms with Crippen molar-refractivity contribution in [1.29, 1.82) is 0 Å². The van der Waals surface area contributed by atoms with E-state index in [1.807, 2.05) is 13.8 Å². The molecular formula is C15H27NO6S. The summed E-state index contributed by atoms with van der Waals surface area (Å²) in [4.78, 5) is 11.9. The van der Waals surface area contributed by atoms with Crippen molar-refractivity contribution in [3.63, 3.8) is 0 Å². The molecule has 3 atom stereocenters. The van der Waals surface area contributed by atoms with Gasteiger partial charge >= 0.3 is 5.97 Å². The van der Waals surface area contributed by atoms with Crippen LogP contribution in [0.5, 0.6) is 0 Å². The maximum atomic E-state index is 11.9. The van der Waals surface area contributed by atoms with E-state index in [0.29, 0.717) is 5.57 Å². The Morgan fingerprint density at radius 1 is 1.35 bits per heavy atom. The minimum Gasteiger partial charge on any atom is -0.463 e. The molecule has 7 nitrogen and oxygen atoms in total. The Bertz CT molecular complexity index is 526. The normalized spacial score (nSPS) is 25.3. The Kier molecular flexibility index (Phi) is 7.66. The summed E-state index contributed by atoms with van der Waals surface area (Å²) in [5.41, 5.74) is 6.43. The SMILES string of the molecule is CCOC(=O)C1=CC(OC(CC)CC)C(OS(C)(=O)=O)C(N)C1. The van der Waals surface area contributed by atoms with E-state index in [4.69, 9.17) is 19.4 Å². The van der Waals surface area contributed by atoms with E-state index in [1.165, 1.54) is 0 Å². The van der Waals surface area contributed by atoms with Gasteiger partial charge in [0.05, 0.1) is 19.0 Å². The van der Waals surface area contributed by atoms with E-state index in [9.17, 15) is 13.2 Å². The molecule has 0 bridgehead atoms. The molecule has 0 spiro atoms. The van der Waals surface area contributed by atoms with E-state index in [0.717, 1.165) is 19.1 Å². The third-order valence-corrected chi connectivity index (χ3v) is 4.22. The fourth-order valence-corrected chi connectivity index (χ4v) is 3.15. The van der Waals surface area contributed by atoms with E-state index in [2.05, 4.69) is 0 Å². The lowest BCUT2D eigenvalue weighted by Gasteiger charge is -2.35. The molecule has 1 rings (SSSR count). The van der Waals surface area contributed by atoms with Crippen LogP contribution in [0.1, 0.15) is 40.0 Å². The van der Waals surface area contributed by atoms with Crippen molar-refractivity contribution in [3.8, 4) is 0 Å². The quantitative estimate of drug-likeness (QED) is 0.517. The average Bonchev–Trinajstić information content (AvgIpc) is 2.46. The highest BCUT2D eigenvalue weighted by Gasteiger charge is 2.38. The van der Waals surface area contributed by atoms with E-state index < -0.39 is 34.3 Å². The zero-order valence-corrected chi connectivity index (χ0v) is 15.0. The maximum Gasteiger partial charge on any atom is 0.333 e. The van der Waals surface area contributed by atoms with Gasteiger partial charge in [0, 0.05) is 11.6 Å². The van der Waals surface area contributed by atoms with Crippen molar-refractivity contribution in [2.24, 2.45) is 5.73 Å². The van der Waals surface area contributed by atoms with Crippen molar-refractivity contribution in [2.45, 2.75) is 64.4 Å². The molecule has 23 heavy (non-hydrogen) atoms. The Hall–Kier alpha value is -0.960. The van der Waals surface area contributed by atoms with Gasteiger partial charge in [-0.1, -0.05) is 13.8 Å². The van der Waals surface area contributed by atoms with Gasteiger partial charge in [-0.3, -0.25) is 4.18 Å². The molecule has 0 aliphatic heterocycles. The standard InChI is InChI=1S/C15H27NO6S/c1-5-11(6-2)21-13-9-10(15(17)20-7-3)8-12(16)14(13)22-23(4,18)19/h9,11-14H,5-8,16H2,1-4H3. The van der Waals surface area contributed by atoms with Crippen molar-refractivity contribution < 1.29 is 26.9 Å². The van der Waals surface area contributed by atoms with Gasteiger partial charge in [0.25, 0.3) is 10.1 Å². The second-order valence-electron chi connectivity index (χ2n) is 5.58. The first-order valence-electron chi connectivity index (χ1n) is 7.88. The number of carbonyl (C=O) groups is 1. The number of hydrogen-bond acceptors (Lipinski definition) is 7. The lowest BCUT2D eigenvalue weighted by Crippen LogP contribution is -2.50. The van der Waals surface area contributed by atoms with Crippen LogP contribution in [0.4, 0.5) is 0 Å². The first kappa shape index (κ1) is 20.1. The minimum absolute atomic E-state index is 0.0735. The average molecular weight is 349 g/mol. The van der Waals surface area contributed by atoms with Crippen LogP contribution in [0.15, 0.2) is 11.6 Å². The second kappa shape index (κ2) is 8.77. The van der Waals surface area contributed by atoms with Gasteiger partial charge in [0.1, 0.15) is 12.2 Å². The van der Waals surface area contributed by atoms with Crippen LogP contribution >= 0.6 is 0 Å². The molecule has 0 saturated heterocycles. The number of hydrogen-bond donors (Lipinski definition) is 1. The molecule has 1 aliphatic carbocycles. The number of nitrogens with two attached hydrogens (primary N) is 1. The van der Waals surface area contributed by atoms with Crippen LogP contribution < -0.4 is 5.73 Å². The van der Waals surface area contributed by atoms with E-state index in [1.54, 1.807) is 13.0 Å². The van der Waals surface area contributed by atoms with Crippen LogP contribution in [0.2, 0.25) is 0 Å². The van der Waals surface area contributed by atoms with Crippen molar-refractivity contribution >= 4 is 16.1 Å². The van der Waals surface area contributed by atoms with Gasteiger partial charge < -0.3 is 15.2 Å². The molecule has 1 aliphatic rings. The van der Waals surface area contributed by atoms with Crippen LogP contribution in [-0.2, 0) is 28.6 Å². The molecule has 0 heterocycles. The molecule has 8 heteroatoms. The van der Waals surface area contributed by atoms with Crippen molar-refractivity contribution in [3.05, 3.63) is 11.6 Å². The fourth-order valence-electron chi connectivity index (χ4n) is 2.50. The molecule has 0 radical (unpaired) electrons. The number of ether oxygens (including phenoxy) is 2. The van der Waals surface area contributed by atoms with Gasteiger partial charge in [-0.2, -0.15) is 8.42 Å². The smallest absolute Gasteiger partial charge is 0.333 e. The predicted octanol–water partition coefficient (Wildman–Crippen LogP) is 1.13. The minimum atomic E-state index is -3.69. The lowest BCUT2D eigenvalue weighted by molar-refractivity contribution is -0.139. The van der Waals surface area contributed by atoms with Crippen LogP contribution in [0.3, 0.4) is 0 Å². The zero-order chi connectivity index (χ0) is 17.6. The largest absolute Gasteiger partial charge is 0.463 e. The van der Waals surface area contributed by atoms with Crippen molar-refractivity contribution in [1.82, 2.24) is 0 Å². The molecule has 0 aromatic heterocycles. The zero-order valence-electron chi connectivity index (χ0n) is 14.2. The van der Waals surface area contributed by atoms with Gasteiger partial charge in [-0.15, -0.1) is 0 Å². The van der Waals surface area contributed by atoms with Gasteiger partial charge in [0.2, 0.25) is 0 Å². The van der Waals surface area contributed by atoms with Gasteiger partial charge in [-0.05, 0) is 32.3 Å². The summed E-state index contributed by atoms with van der Waals surface area (Å²) in [6.07, 6.45) is 2.61. The molecule has 0 saturated carbocycles. The summed E-state index contributed by atoms with van der Waals surface area (Å²) in [6, 6.07) is -0.673. The fraction of sp³-hybridized carbons (Fsp3) is 0.800. The first-order valence-corrected chi connectivity index (χ1v) is 9.70. The topological polar surface area (TPSA) is 105 Å². The van der Waals surface area contributed by atoms with Gasteiger partial charge in [-0.25, -0.2) is 4.79 Å². The third kappa shape index (κ3) is 6.21. The molecular weight excluding hydrogens is 322 g/mol. The van der Waals surface area contributed by atoms with Crippen LogP contribution in [0, 0.1) is 0 Å². The summed E-state index contributed by atoms with van der Waals surface area (Å²) in [5, 5.41) is 0. The highest BCUT2D eigenvalue weighted by atomic mass is 32.2. The summed E-state index contributed by atoms with van der Waals surface area (Å²) in [6.45, 7) is 5.92. The number of carbonyl (C=O) groups excluding carboxylic acids is 1. The van der Waals surface area contributed by atoms with E-state index >= 15 is 0 Å². The number of rotatable bonds is 8. The highest BCUT2D eigenvalue weighted by Crippen LogP contribution is 2.26. The summed E-state index contributed by atoms with van der Waals surface area (Å²) in [7, 11) is -3.69. The molecule has 0 amide bonds. The first-order chi connectivity index (χ1) is 10.7. The maximum absolute atomic E-state index is 11.9. The Labute approximate surface area is 138 Å².